The molecule has 1 aromatic carbocycles. The summed E-state index contributed by atoms with van der Waals surface area (Å²) in [6, 6.07) is 5.98. The van der Waals surface area contributed by atoms with E-state index in [1.165, 1.54) is 5.56 Å². The monoisotopic (exact) mass is 274 g/mol. The van der Waals surface area contributed by atoms with Gasteiger partial charge < -0.3 is 15.4 Å². The number of anilines is 1. The second kappa shape index (κ2) is 5.44. The van der Waals surface area contributed by atoms with Gasteiger partial charge in [-0.2, -0.15) is 0 Å². The fourth-order valence-electron chi connectivity index (χ4n) is 3.07. The van der Waals surface area contributed by atoms with Crippen LogP contribution in [0.15, 0.2) is 18.2 Å². The largest absolute Gasteiger partial charge is 0.384 e. The smallest absolute Gasteiger partial charge is 0.253 e. The van der Waals surface area contributed by atoms with E-state index in [4.69, 9.17) is 4.74 Å². The van der Waals surface area contributed by atoms with E-state index in [0.29, 0.717) is 6.61 Å². The van der Waals surface area contributed by atoms with Gasteiger partial charge in [0, 0.05) is 13.2 Å². The predicted octanol–water partition coefficient (Wildman–Crippen LogP) is 2.34. The quantitative estimate of drug-likeness (QED) is 0.870. The maximum Gasteiger partial charge on any atom is 0.253 e. The molecule has 4 heteroatoms. The van der Waals surface area contributed by atoms with Crippen molar-refractivity contribution in [3.63, 3.8) is 0 Å². The molecule has 2 N–H and O–H groups in total. The van der Waals surface area contributed by atoms with E-state index in [-0.39, 0.29) is 11.4 Å². The van der Waals surface area contributed by atoms with Crippen LogP contribution in [0.5, 0.6) is 0 Å². The molecule has 2 aliphatic heterocycles. The summed E-state index contributed by atoms with van der Waals surface area (Å²) in [5.74, 6) is 0.00394. The Balaban J connectivity index is 1.80. The van der Waals surface area contributed by atoms with Gasteiger partial charge in [-0.1, -0.05) is 12.1 Å². The second-order valence-electron chi connectivity index (χ2n) is 6.04. The minimum atomic E-state index is -0.243. The molecule has 1 aromatic rings. The van der Waals surface area contributed by atoms with Crippen LogP contribution in [0.3, 0.4) is 0 Å². The molecule has 0 saturated carbocycles. The molecule has 0 aromatic heterocycles. The molecule has 108 valence electrons. The third-order valence-electron chi connectivity index (χ3n) is 4.17. The van der Waals surface area contributed by atoms with Crippen molar-refractivity contribution >= 4 is 11.6 Å². The second-order valence-corrected chi connectivity index (χ2v) is 6.04. The van der Waals surface area contributed by atoms with Crippen molar-refractivity contribution in [1.82, 2.24) is 5.32 Å². The number of carbonyl (C=O) groups excluding carboxylic acids is 1. The Morgan fingerprint density at radius 1 is 1.40 bits per heavy atom. The summed E-state index contributed by atoms with van der Waals surface area (Å²) in [4.78, 5) is 12.6. The highest BCUT2D eigenvalue weighted by molar-refractivity contribution is 6.00. The molecule has 1 saturated heterocycles. The summed E-state index contributed by atoms with van der Waals surface area (Å²) >= 11 is 0. The number of aryl methyl sites for hydroxylation is 1. The molecule has 20 heavy (non-hydrogen) atoms. The zero-order valence-electron chi connectivity index (χ0n) is 12.0. The van der Waals surface area contributed by atoms with E-state index in [0.717, 1.165) is 50.1 Å². The van der Waals surface area contributed by atoms with E-state index >= 15 is 0 Å². The summed E-state index contributed by atoms with van der Waals surface area (Å²) < 4.78 is 5.50. The van der Waals surface area contributed by atoms with Gasteiger partial charge in [-0.15, -0.1) is 0 Å². The first kappa shape index (κ1) is 13.4. The predicted molar refractivity (Wildman–Crippen MR) is 79.2 cm³/mol. The SMILES string of the molecule is CC1(NC(=O)c2cccc3c2NCCC3)CCCOC1. The highest BCUT2D eigenvalue weighted by atomic mass is 16.5. The van der Waals surface area contributed by atoms with Crippen LogP contribution in [0, 0.1) is 0 Å². The van der Waals surface area contributed by atoms with Gasteiger partial charge in [0.1, 0.15) is 0 Å². The number of rotatable bonds is 2. The van der Waals surface area contributed by atoms with Gasteiger partial charge in [-0.3, -0.25) is 4.79 Å². The number of fused-ring (bicyclic) bond motifs is 1. The van der Waals surface area contributed by atoms with Crippen molar-refractivity contribution in [3.05, 3.63) is 29.3 Å². The van der Waals surface area contributed by atoms with Gasteiger partial charge >= 0.3 is 0 Å². The van der Waals surface area contributed by atoms with Crippen LogP contribution in [0.25, 0.3) is 0 Å². The Morgan fingerprint density at radius 3 is 3.10 bits per heavy atom. The van der Waals surface area contributed by atoms with Gasteiger partial charge in [0.25, 0.3) is 5.91 Å². The zero-order chi connectivity index (χ0) is 14.0. The number of nitrogens with one attached hydrogen (secondary N) is 2. The molecule has 1 fully saturated rings. The first-order valence-corrected chi connectivity index (χ1v) is 7.44. The molecular formula is C16H22N2O2. The number of hydrogen-bond donors (Lipinski definition) is 2. The van der Waals surface area contributed by atoms with Crippen LogP contribution in [0.4, 0.5) is 5.69 Å². The summed E-state index contributed by atoms with van der Waals surface area (Å²) in [6.07, 6.45) is 4.15. The number of benzene rings is 1. The maximum atomic E-state index is 12.6. The Bertz CT molecular complexity index is 507. The van der Waals surface area contributed by atoms with E-state index in [2.05, 4.69) is 23.6 Å². The standard InChI is InChI=1S/C16H22N2O2/c1-16(8-4-10-20-11-16)18-15(19)13-7-2-5-12-6-3-9-17-14(12)13/h2,5,7,17H,3-4,6,8-11H2,1H3,(H,18,19). The van der Waals surface area contributed by atoms with E-state index in [1.54, 1.807) is 0 Å². The highest BCUT2D eigenvalue weighted by Gasteiger charge is 2.30. The topological polar surface area (TPSA) is 50.4 Å². The van der Waals surface area contributed by atoms with Crippen molar-refractivity contribution in [1.29, 1.82) is 0 Å². The fraction of sp³-hybridized carbons (Fsp3) is 0.562. The average molecular weight is 274 g/mol. The lowest BCUT2D eigenvalue weighted by Gasteiger charge is -2.34. The van der Waals surface area contributed by atoms with Crippen LogP contribution in [0.1, 0.15) is 42.1 Å². The zero-order valence-corrected chi connectivity index (χ0v) is 12.0. The molecule has 2 aliphatic rings. The van der Waals surface area contributed by atoms with E-state index in [1.807, 2.05) is 12.1 Å². The molecule has 3 rings (SSSR count). The Kier molecular flexibility index (Phi) is 3.66. The molecule has 1 amide bonds. The van der Waals surface area contributed by atoms with Gasteiger partial charge in [-0.25, -0.2) is 0 Å². The average Bonchev–Trinajstić information content (AvgIpc) is 2.47. The normalized spacial score (nSPS) is 25.4. The van der Waals surface area contributed by atoms with Crippen molar-refractivity contribution in [2.75, 3.05) is 25.1 Å². The molecule has 0 spiro atoms. The highest BCUT2D eigenvalue weighted by Crippen LogP contribution is 2.27. The van der Waals surface area contributed by atoms with Gasteiger partial charge in [0.05, 0.1) is 23.4 Å². The summed E-state index contributed by atoms with van der Waals surface area (Å²) in [7, 11) is 0. The number of amides is 1. The van der Waals surface area contributed by atoms with Crippen LogP contribution < -0.4 is 10.6 Å². The number of carbonyl (C=O) groups is 1. The van der Waals surface area contributed by atoms with Crippen molar-refractivity contribution in [3.8, 4) is 0 Å². The molecule has 4 nitrogen and oxygen atoms in total. The van der Waals surface area contributed by atoms with Gasteiger partial charge in [0.15, 0.2) is 0 Å². The van der Waals surface area contributed by atoms with Crippen molar-refractivity contribution in [2.24, 2.45) is 0 Å². The summed E-state index contributed by atoms with van der Waals surface area (Å²) in [5.41, 5.74) is 2.77. The lowest BCUT2D eigenvalue weighted by atomic mass is 9.93. The molecule has 0 radical (unpaired) electrons. The van der Waals surface area contributed by atoms with Gasteiger partial charge in [0.2, 0.25) is 0 Å². The molecule has 1 unspecified atom stereocenters. The number of para-hydroxylation sites is 1. The summed E-state index contributed by atoms with van der Waals surface area (Å²) in [6.45, 7) is 4.40. The van der Waals surface area contributed by atoms with Crippen LogP contribution in [-0.2, 0) is 11.2 Å². The fourth-order valence-corrected chi connectivity index (χ4v) is 3.07. The molecule has 0 bridgehead atoms. The van der Waals surface area contributed by atoms with E-state index in [9.17, 15) is 4.79 Å². The molecule has 1 atom stereocenters. The van der Waals surface area contributed by atoms with Crippen LogP contribution in [-0.4, -0.2) is 31.2 Å². The lowest BCUT2D eigenvalue weighted by Crippen LogP contribution is -2.51. The number of hydrogen-bond acceptors (Lipinski definition) is 3. The first-order valence-electron chi connectivity index (χ1n) is 7.44. The Morgan fingerprint density at radius 2 is 2.30 bits per heavy atom. The Hall–Kier alpha value is -1.55. The maximum absolute atomic E-state index is 12.6. The van der Waals surface area contributed by atoms with E-state index < -0.39 is 0 Å². The summed E-state index contributed by atoms with van der Waals surface area (Å²) in [5, 5.41) is 6.53. The minimum Gasteiger partial charge on any atom is -0.384 e. The third-order valence-corrected chi connectivity index (χ3v) is 4.17. The molecule has 0 aliphatic carbocycles. The third kappa shape index (κ3) is 2.66. The first-order chi connectivity index (χ1) is 9.68. The van der Waals surface area contributed by atoms with Gasteiger partial charge in [-0.05, 0) is 44.2 Å². The van der Waals surface area contributed by atoms with Crippen molar-refractivity contribution < 1.29 is 9.53 Å². The number of ether oxygens (including phenoxy) is 1. The Labute approximate surface area is 119 Å². The van der Waals surface area contributed by atoms with Crippen molar-refractivity contribution in [2.45, 2.75) is 38.1 Å². The molecule has 2 heterocycles. The van der Waals surface area contributed by atoms with Crippen LogP contribution in [0.2, 0.25) is 0 Å². The van der Waals surface area contributed by atoms with Crippen LogP contribution >= 0.6 is 0 Å². The molecular weight excluding hydrogens is 252 g/mol. The minimum absolute atomic E-state index is 0.00394. The lowest BCUT2D eigenvalue weighted by molar-refractivity contribution is 0.0273.